The summed E-state index contributed by atoms with van der Waals surface area (Å²) in [6.45, 7) is 2.09. The number of aryl methyl sites for hydroxylation is 1. The van der Waals surface area contributed by atoms with Crippen molar-refractivity contribution in [2.75, 3.05) is 0 Å². The number of hydrogen-bond donors (Lipinski definition) is 0. The van der Waals surface area contributed by atoms with Crippen molar-refractivity contribution in [1.29, 1.82) is 0 Å². The average molecular weight is 299 g/mol. The largest absolute Gasteiger partial charge is 0.207 e. The molecule has 0 aromatic heterocycles. The zero-order chi connectivity index (χ0) is 14.8. The van der Waals surface area contributed by atoms with E-state index in [9.17, 15) is 4.39 Å². The van der Waals surface area contributed by atoms with Gasteiger partial charge in [0, 0.05) is 0 Å². The van der Waals surface area contributed by atoms with Gasteiger partial charge in [0.1, 0.15) is 5.82 Å². The van der Waals surface area contributed by atoms with Crippen LogP contribution in [0.3, 0.4) is 0 Å². The van der Waals surface area contributed by atoms with Crippen molar-refractivity contribution in [3.8, 4) is 0 Å². The molecule has 0 radical (unpaired) electrons. The van der Waals surface area contributed by atoms with Crippen LogP contribution in [-0.4, -0.2) is 0 Å². The van der Waals surface area contributed by atoms with Gasteiger partial charge >= 0.3 is 0 Å². The Kier molecular flexibility index (Phi) is 3.94. The van der Waals surface area contributed by atoms with E-state index in [1.807, 2.05) is 12.1 Å². The molecule has 0 fully saturated rings. The molecule has 0 aliphatic carbocycles. The van der Waals surface area contributed by atoms with Crippen LogP contribution in [-0.2, 0) is 6.42 Å². The van der Waals surface area contributed by atoms with Gasteiger partial charge in [-0.2, -0.15) is 0 Å². The highest BCUT2D eigenvalue weighted by atomic mass is 35.5. The van der Waals surface area contributed by atoms with E-state index in [0.29, 0.717) is 6.42 Å². The molecule has 0 amide bonds. The van der Waals surface area contributed by atoms with E-state index < -0.39 is 0 Å². The summed E-state index contributed by atoms with van der Waals surface area (Å²) < 4.78 is 13.0. The van der Waals surface area contributed by atoms with Gasteiger partial charge in [0.2, 0.25) is 0 Å². The predicted molar refractivity (Wildman–Crippen MR) is 87.4 cm³/mol. The maximum absolute atomic E-state index is 13.0. The van der Waals surface area contributed by atoms with Crippen molar-refractivity contribution < 1.29 is 4.39 Å². The van der Waals surface area contributed by atoms with Gasteiger partial charge in [0.25, 0.3) is 0 Å². The first kappa shape index (κ1) is 14.1. The SMILES string of the molecule is Cc1ccc2ccccc2c1C(Cl)Cc1ccc(F)cc1. The monoisotopic (exact) mass is 298 g/mol. The standard InChI is InChI=1S/C19H16ClF/c1-13-6-9-15-4-2-3-5-17(15)19(13)18(20)12-14-7-10-16(21)11-8-14/h2-11,18H,12H2,1H3. The van der Waals surface area contributed by atoms with Crippen molar-refractivity contribution in [2.45, 2.75) is 18.7 Å². The van der Waals surface area contributed by atoms with Gasteiger partial charge in [-0.05, 0) is 52.9 Å². The van der Waals surface area contributed by atoms with Crippen molar-refractivity contribution >= 4 is 22.4 Å². The second kappa shape index (κ2) is 5.87. The maximum atomic E-state index is 13.0. The Hall–Kier alpha value is -1.86. The normalized spacial score (nSPS) is 12.5. The van der Waals surface area contributed by atoms with Crippen LogP contribution in [0.5, 0.6) is 0 Å². The van der Waals surface area contributed by atoms with Crippen LogP contribution in [0.4, 0.5) is 4.39 Å². The lowest BCUT2D eigenvalue weighted by Crippen LogP contribution is -2.00. The highest BCUT2D eigenvalue weighted by Gasteiger charge is 2.15. The van der Waals surface area contributed by atoms with E-state index in [2.05, 4.69) is 31.2 Å². The maximum Gasteiger partial charge on any atom is 0.123 e. The second-order valence-electron chi connectivity index (χ2n) is 5.32. The molecule has 0 spiro atoms. The number of halogens is 2. The summed E-state index contributed by atoms with van der Waals surface area (Å²) >= 11 is 6.67. The van der Waals surface area contributed by atoms with Crippen LogP contribution >= 0.6 is 11.6 Å². The molecule has 21 heavy (non-hydrogen) atoms. The zero-order valence-corrected chi connectivity index (χ0v) is 12.6. The van der Waals surface area contributed by atoms with Gasteiger partial charge in [0.15, 0.2) is 0 Å². The van der Waals surface area contributed by atoms with Crippen molar-refractivity contribution in [1.82, 2.24) is 0 Å². The lowest BCUT2D eigenvalue weighted by atomic mass is 9.94. The van der Waals surface area contributed by atoms with E-state index in [-0.39, 0.29) is 11.2 Å². The summed E-state index contributed by atoms with van der Waals surface area (Å²) in [5.74, 6) is -0.216. The van der Waals surface area contributed by atoms with Crippen LogP contribution in [0.1, 0.15) is 22.1 Å². The molecule has 3 aromatic carbocycles. The quantitative estimate of drug-likeness (QED) is 0.535. The Morgan fingerprint density at radius 3 is 2.43 bits per heavy atom. The molecule has 1 atom stereocenters. The number of alkyl halides is 1. The summed E-state index contributed by atoms with van der Waals surface area (Å²) in [6, 6.07) is 19.1. The highest BCUT2D eigenvalue weighted by molar-refractivity contribution is 6.22. The third-order valence-corrected chi connectivity index (χ3v) is 4.20. The third-order valence-electron chi connectivity index (χ3n) is 3.83. The summed E-state index contributed by atoms with van der Waals surface area (Å²) in [7, 11) is 0. The van der Waals surface area contributed by atoms with Gasteiger partial charge in [-0.25, -0.2) is 4.39 Å². The van der Waals surface area contributed by atoms with Gasteiger partial charge < -0.3 is 0 Å². The predicted octanol–water partition coefficient (Wildman–Crippen LogP) is 5.81. The molecule has 0 bridgehead atoms. The van der Waals surface area contributed by atoms with E-state index in [1.165, 1.54) is 34.0 Å². The molecule has 0 aliphatic heterocycles. The van der Waals surface area contributed by atoms with Crippen molar-refractivity contribution in [3.63, 3.8) is 0 Å². The first-order valence-corrected chi connectivity index (χ1v) is 7.45. The lowest BCUT2D eigenvalue weighted by molar-refractivity contribution is 0.627. The molecule has 0 heterocycles. The van der Waals surface area contributed by atoms with Gasteiger partial charge in [-0.1, -0.05) is 48.5 Å². The van der Waals surface area contributed by atoms with E-state index >= 15 is 0 Å². The molecule has 2 heteroatoms. The number of hydrogen-bond acceptors (Lipinski definition) is 0. The first-order valence-electron chi connectivity index (χ1n) is 7.02. The molecular weight excluding hydrogens is 283 g/mol. The Balaban J connectivity index is 1.99. The number of fused-ring (bicyclic) bond motifs is 1. The molecule has 0 nitrogen and oxygen atoms in total. The fourth-order valence-corrected chi connectivity index (χ4v) is 3.22. The Morgan fingerprint density at radius 2 is 1.67 bits per heavy atom. The Labute approximate surface area is 129 Å². The van der Waals surface area contributed by atoms with E-state index in [4.69, 9.17) is 11.6 Å². The van der Waals surface area contributed by atoms with E-state index in [1.54, 1.807) is 12.1 Å². The van der Waals surface area contributed by atoms with Crippen LogP contribution in [0, 0.1) is 12.7 Å². The Bertz CT molecular complexity index is 762. The summed E-state index contributed by atoms with van der Waals surface area (Å²) in [5, 5.41) is 2.27. The minimum Gasteiger partial charge on any atom is -0.207 e. The first-order chi connectivity index (χ1) is 10.1. The second-order valence-corrected chi connectivity index (χ2v) is 5.84. The fraction of sp³-hybridized carbons (Fsp3) is 0.158. The fourth-order valence-electron chi connectivity index (χ4n) is 2.75. The van der Waals surface area contributed by atoms with Crippen LogP contribution < -0.4 is 0 Å². The Morgan fingerprint density at radius 1 is 0.952 bits per heavy atom. The lowest BCUT2D eigenvalue weighted by Gasteiger charge is -2.16. The number of benzene rings is 3. The molecule has 1 unspecified atom stereocenters. The highest BCUT2D eigenvalue weighted by Crippen LogP contribution is 2.33. The molecule has 0 saturated heterocycles. The summed E-state index contributed by atoms with van der Waals surface area (Å²) in [6.07, 6.45) is 0.691. The summed E-state index contributed by atoms with van der Waals surface area (Å²) in [5.41, 5.74) is 3.40. The molecule has 0 saturated carbocycles. The third kappa shape index (κ3) is 2.93. The van der Waals surface area contributed by atoms with Crippen LogP contribution in [0.2, 0.25) is 0 Å². The van der Waals surface area contributed by atoms with Gasteiger partial charge in [-0.3, -0.25) is 0 Å². The molecule has 3 rings (SSSR count). The average Bonchev–Trinajstić information content (AvgIpc) is 2.49. The topological polar surface area (TPSA) is 0 Å². The van der Waals surface area contributed by atoms with Crippen LogP contribution in [0.25, 0.3) is 10.8 Å². The zero-order valence-electron chi connectivity index (χ0n) is 11.8. The smallest absolute Gasteiger partial charge is 0.123 e. The minimum absolute atomic E-state index is 0.124. The van der Waals surface area contributed by atoms with Crippen molar-refractivity contribution in [3.05, 3.63) is 83.2 Å². The molecule has 106 valence electrons. The number of rotatable bonds is 3. The molecule has 3 aromatic rings. The van der Waals surface area contributed by atoms with Crippen molar-refractivity contribution in [2.24, 2.45) is 0 Å². The molecule has 0 N–H and O–H groups in total. The molecule has 0 aliphatic rings. The van der Waals surface area contributed by atoms with E-state index in [0.717, 1.165) is 5.56 Å². The van der Waals surface area contributed by atoms with Gasteiger partial charge in [-0.15, -0.1) is 11.6 Å². The summed E-state index contributed by atoms with van der Waals surface area (Å²) in [4.78, 5) is 0. The van der Waals surface area contributed by atoms with Gasteiger partial charge in [0.05, 0.1) is 5.38 Å². The van der Waals surface area contributed by atoms with Crippen LogP contribution in [0.15, 0.2) is 60.7 Å². The minimum atomic E-state index is -0.216. The molecular formula is C19H16ClF.